The van der Waals surface area contributed by atoms with Crippen molar-refractivity contribution >= 4 is 11.9 Å². The summed E-state index contributed by atoms with van der Waals surface area (Å²) in [5.41, 5.74) is -0.542. The van der Waals surface area contributed by atoms with Gasteiger partial charge in [0.1, 0.15) is 17.7 Å². The quantitative estimate of drug-likeness (QED) is 0.751. The fraction of sp³-hybridized carbons (Fsp3) is 0.833. The predicted octanol–water partition coefficient (Wildman–Crippen LogP) is 1.01. The molecular weight excluding hydrogens is 222 g/mol. The molecule has 17 heavy (non-hydrogen) atoms. The van der Waals surface area contributed by atoms with Crippen LogP contribution in [0.25, 0.3) is 0 Å². The number of carbonyl (C=O) groups excluding carboxylic acids is 2. The Kier molecular flexibility index (Phi) is 4.51. The molecule has 0 aromatic heterocycles. The van der Waals surface area contributed by atoms with E-state index in [1.54, 1.807) is 27.7 Å². The van der Waals surface area contributed by atoms with Crippen molar-refractivity contribution < 1.29 is 19.1 Å². The summed E-state index contributed by atoms with van der Waals surface area (Å²) in [5.74, 6) is -0.662. The van der Waals surface area contributed by atoms with E-state index in [9.17, 15) is 9.59 Å². The van der Waals surface area contributed by atoms with Crippen molar-refractivity contribution in [3.8, 4) is 0 Å². The Balaban J connectivity index is 2.40. The number of amides is 1. The second-order valence-electron chi connectivity index (χ2n) is 5.27. The van der Waals surface area contributed by atoms with E-state index < -0.39 is 23.7 Å². The van der Waals surface area contributed by atoms with Crippen LogP contribution in [0.5, 0.6) is 0 Å². The molecule has 0 aliphatic carbocycles. The highest BCUT2D eigenvalue weighted by molar-refractivity contribution is 5.86. The molecule has 1 fully saturated rings. The minimum absolute atomic E-state index is 0.235. The number of hydrogen-bond acceptors (Lipinski definition) is 4. The van der Waals surface area contributed by atoms with E-state index in [4.69, 9.17) is 9.47 Å². The molecule has 1 amide bonds. The molecule has 1 unspecified atom stereocenters. The molecule has 0 aromatic carbocycles. The van der Waals surface area contributed by atoms with Gasteiger partial charge in [0.25, 0.3) is 0 Å². The van der Waals surface area contributed by atoms with Crippen LogP contribution in [0.3, 0.4) is 0 Å². The summed E-state index contributed by atoms with van der Waals surface area (Å²) in [6, 6.07) is -0.647. The maximum absolute atomic E-state index is 11.7. The highest BCUT2D eigenvalue weighted by atomic mass is 16.6. The predicted molar refractivity (Wildman–Crippen MR) is 62.4 cm³/mol. The SMILES string of the molecule is C[C@@H](NC(=O)C1CCCO1)C(=O)OC(C)(C)C. The van der Waals surface area contributed by atoms with E-state index in [2.05, 4.69) is 5.32 Å². The Morgan fingerprint density at radius 2 is 2.06 bits per heavy atom. The van der Waals surface area contributed by atoms with Crippen molar-refractivity contribution in [2.24, 2.45) is 0 Å². The number of rotatable bonds is 3. The molecule has 1 aliphatic heterocycles. The van der Waals surface area contributed by atoms with Gasteiger partial charge in [-0.2, -0.15) is 0 Å². The molecule has 5 nitrogen and oxygen atoms in total. The van der Waals surface area contributed by atoms with Crippen LogP contribution in [-0.2, 0) is 19.1 Å². The van der Waals surface area contributed by atoms with Crippen LogP contribution in [-0.4, -0.2) is 36.2 Å². The first-order valence-corrected chi connectivity index (χ1v) is 5.94. The third kappa shape index (κ3) is 4.73. The molecule has 1 heterocycles. The van der Waals surface area contributed by atoms with Gasteiger partial charge in [-0.25, -0.2) is 4.79 Å². The molecule has 5 heteroatoms. The van der Waals surface area contributed by atoms with Crippen LogP contribution in [0.4, 0.5) is 0 Å². The Morgan fingerprint density at radius 3 is 2.53 bits per heavy atom. The Bertz CT molecular complexity index is 289. The van der Waals surface area contributed by atoms with Crippen LogP contribution < -0.4 is 5.32 Å². The van der Waals surface area contributed by atoms with Gasteiger partial charge in [0, 0.05) is 6.61 Å². The zero-order valence-corrected chi connectivity index (χ0v) is 10.9. The third-order valence-electron chi connectivity index (χ3n) is 2.34. The van der Waals surface area contributed by atoms with Crippen LogP contribution in [0.15, 0.2) is 0 Å². The molecule has 0 spiro atoms. The summed E-state index contributed by atoms with van der Waals surface area (Å²) >= 11 is 0. The van der Waals surface area contributed by atoms with E-state index in [1.165, 1.54) is 0 Å². The highest BCUT2D eigenvalue weighted by Gasteiger charge is 2.28. The van der Waals surface area contributed by atoms with Gasteiger partial charge in [-0.05, 0) is 40.5 Å². The topological polar surface area (TPSA) is 64.6 Å². The standard InChI is InChI=1S/C12H21NO4/c1-8(11(15)17-12(2,3)4)13-10(14)9-6-5-7-16-9/h8-9H,5-7H2,1-4H3,(H,13,14)/t8-,9?/m1/s1. The maximum atomic E-state index is 11.7. The smallest absolute Gasteiger partial charge is 0.328 e. The summed E-state index contributed by atoms with van der Waals surface area (Å²) in [7, 11) is 0. The molecule has 1 saturated heterocycles. The number of esters is 1. The normalized spacial score (nSPS) is 22.0. The summed E-state index contributed by atoms with van der Waals surface area (Å²) < 4.78 is 10.4. The molecule has 0 saturated carbocycles. The highest BCUT2D eigenvalue weighted by Crippen LogP contribution is 2.13. The Labute approximate surface area is 102 Å². The second kappa shape index (κ2) is 5.49. The molecule has 2 atom stereocenters. The minimum atomic E-state index is -0.647. The van der Waals surface area contributed by atoms with Gasteiger partial charge in [-0.15, -0.1) is 0 Å². The van der Waals surface area contributed by atoms with Crippen molar-refractivity contribution in [3.63, 3.8) is 0 Å². The molecule has 1 rings (SSSR count). The van der Waals surface area contributed by atoms with Crippen molar-refractivity contribution in [1.29, 1.82) is 0 Å². The molecular formula is C12H21NO4. The van der Waals surface area contributed by atoms with Gasteiger partial charge in [0.2, 0.25) is 5.91 Å². The largest absolute Gasteiger partial charge is 0.458 e. The number of hydrogen-bond donors (Lipinski definition) is 1. The third-order valence-corrected chi connectivity index (χ3v) is 2.34. The molecule has 98 valence electrons. The second-order valence-corrected chi connectivity index (χ2v) is 5.27. The first kappa shape index (κ1) is 14.0. The molecule has 1 N–H and O–H groups in total. The maximum Gasteiger partial charge on any atom is 0.328 e. The molecule has 0 bridgehead atoms. The van der Waals surface area contributed by atoms with Gasteiger partial charge < -0.3 is 14.8 Å². The number of carbonyl (C=O) groups is 2. The molecule has 0 radical (unpaired) electrons. The van der Waals surface area contributed by atoms with Crippen molar-refractivity contribution in [2.45, 2.75) is 58.3 Å². The van der Waals surface area contributed by atoms with Crippen molar-refractivity contribution in [1.82, 2.24) is 5.32 Å². The van der Waals surface area contributed by atoms with Crippen LogP contribution in [0, 0.1) is 0 Å². The molecule has 1 aliphatic rings. The van der Waals surface area contributed by atoms with Gasteiger partial charge >= 0.3 is 5.97 Å². The van der Waals surface area contributed by atoms with E-state index in [-0.39, 0.29) is 5.91 Å². The lowest BCUT2D eigenvalue weighted by atomic mass is 10.2. The van der Waals surface area contributed by atoms with Crippen LogP contribution >= 0.6 is 0 Å². The van der Waals surface area contributed by atoms with Crippen molar-refractivity contribution in [3.05, 3.63) is 0 Å². The summed E-state index contributed by atoms with van der Waals surface area (Å²) in [6.45, 7) is 7.60. The monoisotopic (exact) mass is 243 g/mol. The number of nitrogens with one attached hydrogen (secondary N) is 1. The fourth-order valence-electron chi connectivity index (χ4n) is 1.54. The first-order chi connectivity index (χ1) is 7.79. The Hall–Kier alpha value is -1.10. The van der Waals surface area contributed by atoms with Gasteiger partial charge in [-0.1, -0.05) is 0 Å². The van der Waals surface area contributed by atoms with E-state index >= 15 is 0 Å². The average Bonchev–Trinajstić information content (AvgIpc) is 2.67. The molecule has 0 aromatic rings. The zero-order chi connectivity index (χ0) is 13.1. The van der Waals surface area contributed by atoms with E-state index in [0.29, 0.717) is 13.0 Å². The van der Waals surface area contributed by atoms with Gasteiger partial charge in [0.05, 0.1) is 0 Å². The lowest BCUT2D eigenvalue weighted by Crippen LogP contribution is -2.45. The van der Waals surface area contributed by atoms with Gasteiger partial charge in [0.15, 0.2) is 0 Å². The summed E-state index contributed by atoms with van der Waals surface area (Å²) in [4.78, 5) is 23.3. The zero-order valence-electron chi connectivity index (χ0n) is 10.9. The lowest BCUT2D eigenvalue weighted by Gasteiger charge is -2.23. The number of ether oxygens (including phenoxy) is 2. The van der Waals surface area contributed by atoms with Crippen LogP contribution in [0.1, 0.15) is 40.5 Å². The summed E-state index contributed by atoms with van der Waals surface area (Å²) in [6.07, 6.45) is 1.19. The first-order valence-electron chi connectivity index (χ1n) is 5.94. The Morgan fingerprint density at radius 1 is 1.41 bits per heavy atom. The average molecular weight is 243 g/mol. The van der Waals surface area contributed by atoms with Crippen LogP contribution in [0.2, 0.25) is 0 Å². The fourth-order valence-corrected chi connectivity index (χ4v) is 1.54. The van der Waals surface area contributed by atoms with E-state index in [0.717, 1.165) is 6.42 Å². The van der Waals surface area contributed by atoms with Crippen molar-refractivity contribution in [2.75, 3.05) is 6.61 Å². The summed E-state index contributed by atoms with van der Waals surface area (Å²) in [5, 5.41) is 2.61. The van der Waals surface area contributed by atoms with Gasteiger partial charge in [-0.3, -0.25) is 4.79 Å². The lowest BCUT2D eigenvalue weighted by molar-refractivity contribution is -0.158. The van der Waals surface area contributed by atoms with E-state index in [1.807, 2.05) is 0 Å². The minimum Gasteiger partial charge on any atom is -0.458 e.